The summed E-state index contributed by atoms with van der Waals surface area (Å²) in [6.07, 6.45) is 0. The summed E-state index contributed by atoms with van der Waals surface area (Å²) in [5.74, 6) is -1.47. The summed E-state index contributed by atoms with van der Waals surface area (Å²) in [5, 5.41) is 11.7. The predicted molar refractivity (Wildman–Crippen MR) is 83.2 cm³/mol. The number of aromatic carboxylic acids is 1. The van der Waals surface area contributed by atoms with Crippen LogP contribution in [0.2, 0.25) is 0 Å². The Morgan fingerprint density at radius 2 is 1.70 bits per heavy atom. The van der Waals surface area contributed by atoms with Gasteiger partial charge in [-0.2, -0.15) is 0 Å². The minimum atomic E-state index is -1.10. The molecule has 2 rings (SSSR count). The molecule has 20 heavy (non-hydrogen) atoms. The van der Waals surface area contributed by atoms with Crippen LogP contribution in [0.4, 0.5) is 5.69 Å². The van der Waals surface area contributed by atoms with Gasteiger partial charge in [0.15, 0.2) is 0 Å². The number of carboxylic acid groups (broad SMARTS) is 1. The highest BCUT2D eigenvalue weighted by molar-refractivity contribution is 9.10. The van der Waals surface area contributed by atoms with Crippen LogP contribution in [0.5, 0.6) is 0 Å². The van der Waals surface area contributed by atoms with Crippen molar-refractivity contribution in [2.75, 3.05) is 5.32 Å². The first kappa shape index (κ1) is 14.7. The molecule has 0 aromatic heterocycles. The molecule has 0 heterocycles. The molecule has 0 atom stereocenters. The van der Waals surface area contributed by atoms with Crippen molar-refractivity contribution < 1.29 is 14.7 Å². The van der Waals surface area contributed by atoms with E-state index in [4.69, 9.17) is 5.11 Å². The van der Waals surface area contributed by atoms with E-state index in [2.05, 4.69) is 37.2 Å². The van der Waals surface area contributed by atoms with Crippen LogP contribution in [0.1, 0.15) is 20.7 Å². The Morgan fingerprint density at radius 3 is 2.35 bits per heavy atom. The Labute approximate surface area is 132 Å². The number of carbonyl (C=O) groups is 2. The molecule has 2 aromatic rings. The monoisotopic (exact) mass is 397 g/mol. The third-order valence-electron chi connectivity index (χ3n) is 2.58. The first-order valence-electron chi connectivity index (χ1n) is 5.58. The van der Waals surface area contributed by atoms with E-state index in [9.17, 15) is 9.59 Å². The lowest BCUT2D eigenvalue weighted by atomic mass is 10.1. The molecule has 6 heteroatoms. The maximum Gasteiger partial charge on any atom is 0.337 e. The Balaban J connectivity index is 2.35. The second-order valence-corrected chi connectivity index (χ2v) is 5.70. The smallest absolute Gasteiger partial charge is 0.337 e. The van der Waals surface area contributed by atoms with E-state index in [0.29, 0.717) is 14.5 Å². The fourth-order valence-corrected chi connectivity index (χ4v) is 2.47. The minimum absolute atomic E-state index is 0.0357. The highest BCUT2D eigenvalue weighted by Crippen LogP contribution is 2.23. The number of hydrogen-bond acceptors (Lipinski definition) is 2. The summed E-state index contributed by atoms with van der Waals surface area (Å²) < 4.78 is 1.33. The Kier molecular flexibility index (Phi) is 4.57. The third-order valence-corrected chi connectivity index (χ3v) is 3.76. The molecule has 102 valence electrons. The van der Waals surface area contributed by atoms with Gasteiger partial charge in [0.05, 0.1) is 16.8 Å². The van der Waals surface area contributed by atoms with Gasteiger partial charge in [-0.25, -0.2) is 4.79 Å². The van der Waals surface area contributed by atoms with Crippen molar-refractivity contribution in [3.63, 3.8) is 0 Å². The SMILES string of the molecule is O=C(Nc1cc(Br)ccc1C(=O)O)c1ccccc1Br. The zero-order chi connectivity index (χ0) is 14.7. The molecule has 0 saturated heterocycles. The molecule has 0 aliphatic rings. The number of nitrogens with one attached hydrogen (secondary N) is 1. The van der Waals surface area contributed by atoms with E-state index in [-0.39, 0.29) is 17.2 Å². The largest absolute Gasteiger partial charge is 0.478 e. The number of hydrogen-bond donors (Lipinski definition) is 2. The zero-order valence-electron chi connectivity index (χ0n) is 10.1. The Bertz CT molecular complexity index is 686. The summed E-state index contributed by atoms with van der Waals surface area (Å²) in [6.45, 7) is 0. The molecular weight excluding hydrogens is 390 g/mol. The van der Waals surface area contributed by atoms with Gasteiger partial charge in [-0.05, 0) is 46.3 Å². The molecular formula is C14H9Br2NO3. The van der Waals surface area contributed by atoms with E-state index in [1.807, 2.05) is 0 Å². The third kappa shape index (κ3) is 3.26. The number of anilines is 1. The number of benzene rings is 2. The topological polar surface area (TPSA) is 66.4 Å². The summed E-state index contributed by atoms with van der Waals surface area (Å²) >= 11 is 6.54. The number of halogens is 2. The normalized spacial score (nSPS) is 10.1. The van der Waals surface area contributed by atoms with E-state index in [0.717, 1.165) is 0 Å². The van der Waals surface area contributed by atoms with E-state index >= 15 is 0 Å². The van der Waals surface area contributed by atoms with Crippen molar-refractivity contribution in [2.45, 2.75) is 0 Å². The lowest BCUT2D eigenvalue weighted by Gasteiger charge is -2.10. The molecule has 0 saturated carbocycles. The molecule has 0 radical (unpaired) electrons. The van der Waals surface area contributed by atoms with E-state index < -0.39 is 5.97 Å². The maximum absolute atomic E-state index is 12.2. The van der Waals surface area contributed by atoms with Gasteiger partial charge in [0, 0.05) is 8.95 Å². The molecule has 2 aromatic carbocycles. The van der Waals surface area contributed by atoms with Gasteiger partial charge in [0.1, 0.15) is 0 Å². The Hall–Kier alpha value is -1.66. The summed E-state index contributed by atoms with van der Waals surface area (Å²) in [6, 6.07) is 11.5. The standard InChI is InChI=1S/C14H9Br2NO3/c15-8-5-6-10(14(19)20)12(7-8)17-13(18)9-3-1-2-4-11(9)16/h1-7H,(H,17,18)(H,19,20). The zero-order valence-corrected chi connectivity index (χ0v) is 13.2. The van der Waals surface area contributed by atoms with Crippen LogP contribution in [-0.4, -0.2) is 17.0 Å². The summed E-state index contributed by atoms with van der Waals surface area (Å²) in [4.78, 5) is 23.3. The van der Waals surface area contributed by atoms with Crippen molar-refractivity contribution in [1.29, 1.82) is 0 Å². The lowest BCUT2D eigenvalue weighted by Crippen LogP contribution is -2.15. The van der Waals surface area contributed by atoms with Crippen molar-refractivity contribution in [3.8, 4) is 0 Å². The lowest BCUT2D eigenvalue weighted by molar-refractivity contribution is 0.0698. The molecule has 0 aliphatic heterocycles. The number of carbonyl (C=O) groups excluding carboxylic acids is 1. The molecule has 1 amide bonds. The van der Waals surface area contributed by atoms with Crippen LogP contribution in [-0.2, 0) is 0 Å². The van der Waals surface area contributed by atoms with Crippen LogP contribution in [0.15, 0.2) is 51.4 Å². The number of carboxylic acids is 1. The molecule has 0 spiro atoms. The average Bonchev–Trinajstić information content (AvgIpc) is 2.38. The van der Waals surface area contributed by atoms with Gasteiger partial charge in [0.2, 0.25) is 0 Å². The molecule has 2 N–H and O–H groups in total. The highest BCUT2D eigenvalue weighted by atomic mass is 79.9. The van der Waals surface area contributed by atoms with Crippen LogP contribution in [0.3, 0.4) is 0 Å². The summed E-state index contributed by atoms with van der Waals surface area (Å²) in [5.41, 5.74) is 0.713. The van der Waals surface area contributed by atoms with Gasteiger partial charge >= 0.3 is 5.97 Å². The van der Waals surface area contributed by atoms with Gasteiger partial charge < -0.3 is 10.4 Å². The second kappa shape index (κ2) is 6.19. The number of amides is 1. The van der Waals surface area contributed by atoms with Crippen LogP contribution in [0.25, 0.3) is 0 Å². The van der Waals surface area contributed by atoms with Crippen molar-refractivity contribution >= 4 is 49.4 Å². The molecule has 0 aliphatic carbocycles. The molecule has 0 fully saturated rings. The fraction of sp³-hybridized carbons (Fsp3) is 0. The predicted octanol–water partition coefficient (Wildman–Crippen LogP) is 4.16. The minimum Gasteiger partial charge on any atom is -0.478 e. The maximum atomic E-state index is 12.2. The van der Waals surface area contributed by atoms with E-state index in [1.54, 1.807) is 36.4 Å². The van der Waals surface area contributed by atoms with Crippen LogP contribution in [0, 0.1) is 0 Å². The van der Waals surface area contributed by atoms with Gasteiger partial charge in [0.25, 0.3) is 5.91 Å². The van der Waals surface area contributed by atoms with E-state index in [1.165, 1.54) is 6.07 Å². The van der Waals surface area contributed by atoms with Crippen molar-refractivity contribution in [2.24, 2.45) is 0 Å². The highest BCUT2D eigenvalue weighted by Gasteiger charge is 2.15. The summed E-state index contributed by atoms with van der Waals surface area (Å²) in [7, 11) is 0. The first-order chi connectivity index (χ1) is 9.49. The first-order valence-corrected chi connectivity index (χ1v) is 7.16. The van der Waals surface area contributed by atoms with Crippen molar-refractivity contribution in [3.05, 3.63) is 62.5 Å². The number of rotatable bonds is 3. The second-order valence-electron chi connectivity index (χ2n) is 3.93. The van der Waals surface area contributed by atoms with Gasteiger partial charge in [-0.15, -0.1) is 0 Å². The Morgan fingerprint density at radius 1 is 1.00 bits per heavy atom. The fourth-order valence-electron chi connectivity index (χ4n) is 1.64. The molecule has 0 unspecified atom stereocenters. The van der Waals surface area contributed by atoms with Crippen LogP contribution >= 0.6 is 31.9 Å². The quantitative estimate of drug-likeness (QED) is 0.815. The van der Waals surface area contributed by atoms with Gasteiger partial charge in [-0.3, -0.25) is 4.79 Å². The van der Waals surface area contributed by atoms with Crippen LogP contribution < -0.4 is 5.32 Å². The van der Waals surface area contributed by atoms with Gasteiger partial charge in [-0.1, -0.05) is 28.1 Å². The average molecular weight is 399 g/mol. The molecule has 4 nitrogen and oxygen atoms in total. The van der Waals surface area contributed by atoms with Crippen molar-refractivity contribution in [1.82, 2.24) is 0 Å². The molecule has 0 bridgehead atoms.